The fraction of sp³-hybridized carbons (Fsp3) is 0.476. The van der Waals surface area contributed by atoms with Crippen molar-refractivity contribution >= 4 is 21.7 Å². The number of sulfonamides is 1. The molecular formula is C21H26N6O2S. The third kappa shape index (κ3) is 4.11. The molecule has 1 aliphatic heterocycles. The van der Waals surface area contributed by atoms with Gasteiger partial charge in [-0.1, -0.05) is 0 Å². The zero-order valence-corrected chi connectivity index (χ0v) is 18.1. The van der Waals surface area contributed by atoms with Gasteiger partial charge in [0.05, 0.1) is 16.5 Å². The van der Waals surface area contributed by atoms with Crippen molar-refractivity contribution in [3.05, 3.63) is 42.2 Å². The highest BCUT2D eigenvalue weighted by Crippen LogP contribution is 2.36. The number of nitrogens with zero attached hydrogens (tertiary/aromatic N) is 6. The Morgan fingerprint density at radius 3 is 2.17 bits per heavy atom. The van der Waals surface area contributed by atoms with E-state index in [1.807, 2.05) is 31.1 Å². The number of rotatable bonds is 6. The van der Waals surface area contributed by atoms with Gasteiger partial charge >= 0.3 is 0 Å². The molecule has 0 radical (unpaired) electrons. The lowest BCUT2D eigenvalue weighted by Gasteiger charge is -2.39. The van der Waals surface area contributed by atoms with Crippen LogP contribution in [0.3, 0.4) is 0 Å². The number of anilines is 2. The van der Waals surface area contributed by atoms with Crippen LogP contribution in [0.5, 0.6) is 0 Å². The molecule has 30 heavy (non-hydrogen) atoms. The molecule has 2 fully saturated rings. The van der Waals surface area contributed by atoms with Gasteiger partial charge in [0.15, 0.2) is 0 Å². The number of aromatic nitrogens is 2. The Morgan fingerprint density at radius 2 is 1.60 bits per heavy atom. The van der Waals surface area contributed by atoms with Crippen molar-refractivity contribution in [1.82, 2.24) is 14.3 Å². The van der Waals surface area contributed by atoms with Crippen LogP contribution in [-0.2, 0) is 10.0 Å². The van der Waals surface area contributed by atoms with Crippen LogP contribution in [0.1, 0.15) is 31.2 Å². The Morgan fingerprint density at radius 1 is 1.00 bits per heavy atom. The molecule has 4 rings (SSSR count). The maximum absolute atomic E-state index is 13.0. The van der Waals surface area contributed by atoms with Gasteiger partial charge in [-0.3, -0.25) is 0 Å². The van der Waals surface area contributed by atoms with E-state index in [0.717, 1.165) is 37.3 Å². The fourth-order valence-corrected chi connectivity index (χ4v) is 5.43. The van der Waals surface area contributed by atoms with E-state index in [1.54, 1.807) is 22.8 Å². The molecule has 158 valence electrons. The predicted molar refractivity (Wildman–Crippen MR) is 115 cm³/mol. The summed E-state index contributed by atoms with van der Waals surface area (Å²) < 4.78 is 27.6. The van der Waals surface area contributed by atoms with Crippen molar-refractivity contribution in [2.45, 2.75) is 42.7 Å². The zero-order chi connectivity index (χ0) is 21.3. The van der Waals surface area contributed by atoms with Crippen molar-refractivity contribution < 1.29 is 8.42 Å². The third-order valence-electron chi connectivity index (χ3n) is 5.74. The van der Waals surface area contributed by atoms with Crippen LogP contribution >= 0.6 is 0 Å². The Hall–Kier alpha value is -2.70. The molecule has 9 heteroatoms. The minimum absolute atomic E-state index is 0.241. The molecule has 0 atom stereocenters. The molecule has 2 aromatic rings. The van der Waals surface area contributed by atoms with Gasteiger partial charge in [-0.2, -0.15) is 9.57 Å². The second-order valence-electron chi connectivity index (χ2n) is 8.04. The highest BCUT2D eigenvalue weighted by Gasteiger charge is 2.38. The maximum atomic E-state index is 13.0. The Kier molecular flexibility index (Phi) is 5.62. The molecule has 0 unspecified atom stereocenters. The Bertz CT molecular complexity index is 1040. The number of hydrogen-bond acceptors (Lipinski definition) is 7. The molecule has 1 saturated carbocycles. The summed E-state index contributed by atoms with van der Waals surface area (Å²) in [4.78, 5) is 13.4. The number of nitriles is 1. The molecule has 0 bridgehead atoms. The summed E-state index contributed by atoms with van der Waals surface area (Å²) in [6.07, 6.45) is 5.40. The molecular weight excluding hydrogens is 400 g/mol. The fourth-order valence-electron chi connectivity index (χ4n) is 3.96. The van der Waals surface area contributed by atoms with E-state index in [0.29, 0.717) is 24.7 Å². The van der Waals surface area contributed by atoms with Gasteiger partial charge in [0.1, 0.15) is 18.0 Å². The largest absolute Gasteiger partial charge is 0.363 e. The minimum Gasteiger partial charge on any atom is -0.363 e. The van der Waals surface area contributed by atoms with Crippen LogP contribution in [-0.4, -0.2) is 62.0 Å². The SMILES string of the molecule is CN(C)c1cc(N(C2CC2)C2CCN(S(=O)(=O)c3ccc(C#N)cc3)CC2)ncn1. The molecule has 1 saturated heterocycles. The molecule has 0 N–H and O–H groups in total. The molecule has 2 aliphatic rings. The van der Waals surface area contributed by atoms with E-state index >= 15 is 0 Å². The molecule has 1 aromatic carbocycles. The van der Waals surface area contributed by atoms with Crippen LogP contribution in [0.15, 0.2) is 41.6 Å². The summed E-state index contributed by atoms with van der Waals surface area (Å²) in [7, 11) is 0.367. The molecule has 1 aromatic heterocycles. The van der Waals surface area contributed by atoms with Crippen molar-refractivity contribution in [2.75, 3.05) is 37.0 Å². The van der Waals surface area contributed by atoms with Crippen LogP contribution < -0.4 is 9.80 Å². The average molecular weight is 427 g/mol. The van der Waals surface area contributed by atoms with Gasteiger partial charge in [0.2, 0.25) is 10.0 Å². The standard InChI is InChI=1S/C21H26N6O2S/c1-25(2)20-13-21(24-15-23-20)27(17-5-6-17)18-9-11-26(12-10-18)30(28,29)19-7-3-16(14-22)4-8-19/h3-4,7-8,13,15,17-18H,5-6,9-12H2,1-2H3. The lowest BCUT2D eigenvalue weighted by atomic mass is 10.0. The lowest BCUT2D eigenvalue weighted by molar-refractivity contribution is 0.308. The second-order valence-corrected chi connectivity index (χ2v) is 9.98. The monoisotopic (exact) mass is 426 g/mol. The van der Waals surface area contributed by atoms with Gasteiger partial charge < -0.3 is 9.80 Å². The summed E-state index contributed by atoms with van der Waals surface area (Å²) in [6.45, 7) is 0.948. The zero-order valence-electron chi connectivity index (χ0n) is 17.3. The van der Waals surface area contributed by atoms with Crippen molar-refractivity contribution in [3.63, 3.8) is 0 Å². The number of hydrogen-bond donors (Lipinski definition) is 0. The first-order valence-electron chi connectivity index (χ1n) is 10.2. The first-order chi connectivity index (χ1) is 14.4. The van der Waals surface area contributed by atoms with Crippen LogP contribution in [0, 0.1) is 11.3 Å². The third-order valence-corrected chi connectivity index (χ3v) is 7.65. The van der Waals surface area contributed by atoms with Crippen molar-refractivity contribution in [2.24, 2.45) is 0 Å². The van der Waals surface area contributed by atoms with E-state index in [1.165, 1.54) is 12.1 Å². The van der Waals surface area contributed by atoms with E-state index < -0.39 is 10.0 Å². The summed E-state index contributed by atoms with van der Waals surface area (Å²) in [6, 6.07) is 10.9. The van der Waals surface area contributed by atoms with E-state index in [9.17, 15) is 8.42 Å². The molecule has 8 nitrogen and oxygen atoms in total. The van der Waals surface area contributed by atoms with Gasteiger partial charge in [-0.25, -0.2) is 18.4 Å². The van der Waals surface area contributed by atoms with Gasteiger partial charge in [-0.15, -0.1) is 0 Å². The predicted octanol–water partition coefficient (Wildman–Crippen LogP) is 2.24. The van der Waals surface area contributed by atoms with E-state index in [2.05, 4.69) is 14.9 Å². The Balaban J connectivity index is 1.48. The summed E-state index contributed by atoms with van der Waals surface area (Å²) >= 11 is 0. The summed E-state index contributed by atoms with van der Waals surface area (Å²) in [5, 5.41) is 8.93. The first kappa shape index (κ1) is 20.6. The topological polar surface area (TPSA) is 93.4 Å². The van der Waals surface area contributed by atoms with Crippen LogP contribution in [0.2, 0.25) is 0 Å². The average Bonchev–Trinajstić information content (AvgIpc) is 3.59. The van der Waals surface area contributed by atoms with E-state index in [-0.39, 0.29) is 10.9 Å². The highest BCUT2D eigenvalue weighted by molar-refractivity contribution is 7.89. The maximum Gasteiger partial charge on any atom is 0.243 e. The molecule has 0 spiro atoms. The van der Waals surface area contributed by atoms with Gasteiger partial charge in [0.25, 0.3) is 0 Å². The van der Waals surface area contributed by atoms with Crippen LogP contribution in [0.25, 0.3) is 0 Å². The summed E-state index contributed by atoms with van der Waals surface area (Å²) in [5.74, 6) is 1.79. The van der Waals surface area contributed by atoms with Crippen LogP contribution in [0.4, 0.5) is 11.6 Å². The van der Waals surface area contributed by atoms with E-state index in [4.69, 9.17) is 5.26 Å². The second kappa shape index (κ2) is 8.20. The van der Waals surface area contributed by atoms with Crippen molar-refractivity contribution in [1.29, 1.82) is 5.26 Å². The first-order valence-corrected chi connectivity index (χ1v) is 11.6. The lowest BCUT2D eigenvalue weighted by Crippen LogP contribution is -2.48. The number of benzene rings is 1. The van der Waals surface area contributed by atoms with Gasteiger partial charge in [-0.05, 0) is 49.9 Å². The Labute approximate surface area is 177 Å². The molecule has 1 aliphatic carbocycles. The normalized spacial score (nSPS) is 18.0. The molecule has 2 heterocycles. The number of piperidine rings is 1. The summed E-state index contributed by atoms with van der Waals surface area (Å²) in [5.41, 5.74) is 0.453. The smallest absolute Gasteiger partial charge is 0.243 e. The minimum atomic E-state index is -3.55. The van der Waals surface area contributed by atoms with Crippen molar-refractivity contribution in [3.8, 4) is 6.07 Å². The van der Waals surface area contributed by atoms with Gasteiger partial charge in [0, 0.05) is 45.3 Å². The quantitative estimate of drug-likeness (QED) is 0.699. The highest BCUT2D eigenvalue weighted by atomic mass is 32.2. The molecule has 0 amide bonds.